The summed E-state index contributed by atoms with van der Waals surface area (Å²) in [5.74, 6) is 0.120. The molecule has 0 aromatic heterocycles. The molecular formula is C6H13NO2S. The third-order valence-electron chi connectivity index (χ3n) is 1.26. The molecule has 60 valence electrons. The highest BCUT2D eigenvalue weighted by Gasteiger charge is 2.12. The Labute approximate surface area is 65.2 Å². The van der Waals surface area contributed by atoms with E-state index in [0.29, 0.717) is 6.42 Å². The second-order valence-corrected chi connectivity index (χ2v) is 2.95. The minimum Gasteiger partial charge on any atom is -0.480 e. The quantitative estimate of drug-likeness (QED) is 0.619. The fourth-order valence-corrected chi connectivity index (χ4v) is 1.10. The summed E-state index contributed by atoms with van der Waals surface area (Å²) in [5, 5.41) is 11.3. The molecule has 0 spiro atoms. The number of hydrogen-bond acceptors (Lipinski definition) is 3. The molecule has 0 amide bonds. The second kappa shape index (κ2) is 5.56. The molecule has 4 heteroatoms. The van der Waals surface area contributed by atoms with Crippen molar-refractivity contribution in [1.29, 1.82) is 0 Å². The van der Waals surface area contributed by atoms with Gasteiger partial charge in [-0.05, 0) is 25.5 Å². The van der Waals surface area contributed by atoms with Crippen LogP contribution in [-0.4, -0.2) is 36.2 Å². The summed E-state index contributed by atoms with van der Waals surface area (Å²) < 4.78 is 0. The normalized spacial score (nSPS) is 13.0. The van der Waals surface area contributed by atoms with Gasteiger partial charge in [-0.3, -0.25) is 4.79 Å². The lowest BCUT2D eigenvalue weighted by atomic mass is 10.2. The van der Waals surface area contributed by atoms with Crippen molar-refractivity contribution in [2.75, 3.05) is 19.1 Å². The maximum absolute atomic E-state index is 10.4. The molecule has 0 aliphatic heterocycles. The first-order valence-corrected chi connectivity index (χ1v) is 4.50. The van der Waals surface area contributed by atoms with Crippen LogP contribution in [0.2, 0.25) is 0 Å². The van der Waals surface area contributed by atoms with E-state index in [1.54, 1.807) is 18.8 Å². The van der Waals surface area contributed by atoms with Crippen LogP contribution in [0, 0.1) is 0 Å². The van der Waals surface area contributed by atoms with Gasteiger partial charge in [0.15, 0.2) is 0 Å². The van der Waals surface area contributed by atoms with Crippen LogP contribution in [0.3, 0.4) is 0 Å². The summed E-state index contributed by atoms with van der Waals surface area (Å²) in [5.41, 5.74) is 0. The number of nitrogens with one attached hydrogen (secondary N) is 1. The number of rotatable bonds is 5. The van der Waals surface area contributed by atoms with Crippen LogP contribution in [0.4, 0.5) is 0 Å². The van der Waals surface area contributed by atoms with Gasteiger partial charge in [0.2, 0.25) is 0 Å². The summed E-state index contributed by atoms with van der Waals surface area (Å²) in [6.45, 7) is 0. The number of carboxylic acids is 1. The molecule has 0 saturated carbocycles. The molecule has 0 radical (unpaired) electrons. The predicted molar refractivity (Wildman–Crippen MR) is 43.5 cm³/mol. The van der Waals surface area contributed by atoms with E-state index in [9.17, 15) is 4.79 Å². The predicted octanol–water partition coefficient (Wildman–Crippen LogP) is 0.412. The molecule has 0 heterocycles. The van der Waals surface area contributed by atoms with Crippen molar-refractivity contribution in [3.8, 4) is 0 Å². The van der Waals surface area contributed by atoms with Crippen LogP contribution in [0.25, 0.3) is 0 Å². The van der Waals surface area contributed by atoms with E-state index in [0.717, 1.165) is 5.75 Å². The molecule has 2 N–H and O–H groups in total. The second-order valence-electron chi connectivity index (χ2n) is 1.96. The van der Waals surface area contributed by atoms with Crippen LogP contribution >= 0.6 is 11.8 Å². The lowest BCUT2D eigenvalue weighted by molar-refractivity contribution is -0.139. The van der Waals surface area contributed by atoms with Gasteiger partial charge in [-0.2, -0.15) is 11.8 Å². The number of likely N-dealkylation sites (N-methyl/N-ethyl adjacent to an activating group) is 1. The number of carbonyl (C=O) groups is 1. The summed E-state index contributed by atoms with van der Waals surface area (Å²) >= 11 is 1.66. The van der Waals surface area contributed by atoms with Crippen LogP contribution in [0.5, 0.6) is 0 Å². The van der Waals surface area contributed by atoms with Gasteiger partial charge in [-0.1, -0.05) is 0 Å². The highest BCUT2D eigenvalue weighted by molar-refractivity contribution is 7.98. The topological polar surface area (TPSA) is 49.3 Å². The summed E-state index contributed by atoms with van der Waals surface area (Å²) in [6, 6.07) is -0.382. The Kier molecular flexibility index (Phi) is 5.43. The smallest absolute Gasteiger partial charge is 0.320 e. The third-order valence-corrected chi connectivity index (χ3v) is 1.90. The third kappa shape index (κ3) is 3.74. The molecule has 0 saturated heterocycles. The minimum absolute atomic E-state index is 0.382. The zero-order chi connectivity index (χ0) is 7.98. The first-order chi connectivity index (χ1) is 4.72. The highest BCUT2D eigenvalue weighted by Crippen LogP contribution is 1.99. The molecule has 10 heavy (non-hydrogen) atoms. The Morgan fingerprint density at radius 1 is 1.90 bits per heavy atom. The molecule has 0 aromatic rings. The number of hydrogen-bond donors (Lipinski definition) is 2. The molecule has 0 unspecified atom stereocenters. The van der Waals surface area contributed by atoms with Gasteiger partial charge in [0.25, 0.3) is 0 Å². The first-order valence-electron chi connectivity index (χ1n) is 3.11. The van der Waals surface area contributed by atoms with E-state index in [1.165, 1.54) is 0 Å². The molecular weight excluding hydrogens is 152 g/mol. The van der Waals surface area contributed by atoms with Crippen LogP contribution in [0.1, 0.15) is 6.42 Å². The fourth-order valence-electron chi connectivity index (χ4n) is 0.627. The van der Waals surface area contributed by atoms with Crippen molar-refractivity contribution in [2.24, 2.45) is 0 Å². The molecule has 0 aliphatic rings. The Bertz CT molecular complexity index is 108. The van der Waals surface area contributed by atoms with Crippen molar-refractivity contribution >= 4 is 17.7 Å². The average molecular weight is 165 g/mol. The van der Waals surface area contributed by atoms with Crippen molar-refractivity contribution in [2.45, 2.75) is 12.5 Å². The van der Waals surface area contributed by atoms with Crippen molar-refractivity contribution in [1.82, 2.24) is 5.32 Å². The number of aliphatic carboxylic acids is 1. The van der Waals surface area contributed by atoms with Gasteiger partial charge in [-0.15, -0.1) is 0 Å². The zero-order valence-corrected chi connectivity index (χ0v) is 7.07. The van der Waals surface area contributed by atoms with E-state index in [2.05, 4.69) is 5.32 Å². The lowest BCUT2D eigenvalue weighted by Crippen LogP contribution is -2.34. The van der Waals surface area contributed by atoms with Crippen molar-refractivity contribution < 1.29 is 9.90 Å². The van der Waals surface area contributed by atoms with Crippen LogP contribution in [-0.2, 0) is 4.79 Å². The SMILES string of the molecule is CSCC[C@H](N[14CH3])C(=O)O. The maximum Gasteiger partial charge on any atom is 0.320 e. The van der Waals surface area contributed by atoms with E-state index >= 15 is 0 Å². The Balaban J connectivity index is 3.50. The molecule has 0 bridgehead atoms. The Morgan fingerprint density at radius 3 is 2.80 bits per heavy atom. The van der Waals surface area contributed by atoms with Gasteiger partial charge in [-0.25, -0.2) is 0 Å². The standard InChI is InChI=1S/C6H13NO2S/c1-7-5(6(8)9)3-4-10-2/h5,7H,3-4H2,1-2H3,(H,8,9)/t5-/m0/s1/i1+2. The van der Waals surface area contributed by atoms with Crippen molar-refractivity contribution in [3.05, 3.63) is 0 Å². The van der Waals surface area contributed by atoms with Gasteiger partial charge in [0, 0.05) is 0 Å². The van der Waals surface area contributed by atoms with E-state index in [1.807, 2.05) is 6.26 Å². The monoisotopic (exact) mass is 165 g/mol. The summed E-state index contributed by atoms with van der Waals surface area (Å²) in [7, 11) is 1.67. The molecule has 0 fully saturated rings. The van der Waals surface area contributed by atoms with Crippen LogP contribution < -0.4 is 5.32 Å². The Hall–Kier alpha value is -0.220. The Morgan fingerprint density at radius 2 is 2.50 bits per heavy atom. The van der Waals surface area contributed by atoms with Gasteiger partial charge < -0.3 is 10.4 Å². The van der Waals surface area contributed by atoms with E-state index in [4.69, 9.17) is 5.11 Å². The zero-order valence-electron chi connectivity index (χ0n) is 6.26. The van der Waals surface area contributed by atoms with Crippen molar-refractivity contribution in [3.63, 3.8) is 0 Å². The lowest BCUT2D eigenvalue weighted by Gasteiger charge is -2.08. The molecule has 0 aromatic carbocycles. The highest BCUT2D eigenvalue weighted by atomic mass is 32.2. The first kappa shape index (κ1) is 9.78. The maximum atomic E-state index is 10.4. The average Bonchev–Trinajstić information content (AvgIpc) is 1.89. The number of thioether (sulfide) groups is 1. The van der Waals surface area contributed by atoms with Gasteiger partial charge in [0.1, 0.15) is 6.04 Å². The minimum atomic E-state index is -0.767. The number of carboxylic acid groups (broad SMARTS) is 1. The largest absolute Gasteiger partial charge is 0.480 e. The molecule has 3 nitrogen and oxygen atoms in total. The summed E-state index contributed by atoms with van der Waals surface area (Å²) in [6.07, 6.45) is 2.65. The van der Waals surface area contributed by atoms with E-state index < -0.39 is 5.97 Å². The van der Waals surface area contributed by atoms with E-state index in [-0.39, 0.29) is 6.04 Å². The summed E-state index contributed by atoms with van der Waals surface area (Å²) in [4.78, 5) is 10.4. The molecule has 1 atom stereocenters. The van der Waals surface area contributed by atoms with Gasteiger partial charge >= 0.3 is 5.97 Å². The van der Waals surface area contributed by atoms with Gasteiger partial charge in [0.05, 0.1) is 0 Å². The van der Waals surface area contributed by atoms with Crippen LogP contribution in [0.15, 0.2) is 0 Å². The molecule has 0 rings (SSSR count). The molecule has 0 aliphatic carbocycles. The fraction of sp³-hybridized carbons (Fsp3) is 0.833.